The predicted octanol–water partition coefficient (Wildman–Crippen LogP) is 1.15. The van der Waals surface area contributed by atoms with Gasteiger partial charge in [-0.2, -0.15) is 5.26 Å². The molecule has 2 fully saturated rings. The van der Waals surface area contributed by atoms with E-state index in [1.807, 2.05) is 0 Å². The Morgan fingerprint density at radius 2 is 1.95 bits per heavy atom. The Labute approximate surface area is 122 Å². The van der Waals surface area contributed by atoms with E-state index in [0.29, 0.717) is 6.04 Å². The molecule has 4 atom stereocenters. The topological polar surface area (TPSA) is 57.5 Å². The van der Waals surface area contributed by atoms with Crippen molar-refractivity contribution < 1.29 is 9.47 Å². The lowest BCUT2D eigenvalue weighted by Gasteiger charge is -2.26. The highest BCUT2D eigenvalue weighted by atomic mass is 16.5. The molecule has 5 heteroatoms. The first-order valence-corrected chi connectivity index (χ1v) is 7.64. The van der Waals surface area contributed by atoms with Gasteiger partial charge in [-0.1, -0.05) is 6.92 Å². The van der Waals surface area contributed by atoms with Gasteiger partial charge in [-0.25, -0.2) is 0 Å². The normalized spacial score (nSPS) is 38.2. The Morgan fingerprint density at radius 3 is 2.45 bits per heavy atom. The standard InChI is InChI=1S/C15H27N3O2/c1-4-7-17-15(11-16)6-5-12(8-15)18-9-13(19-2)14(10-18)20-3/h12-14,17H,4-10H2,1-3H3. The van der Waals surface area contributed by atoms with Crippen LogP contribution in [-0.2, 0) is 9.47 Å². The van der Waals surface area contributed by atoms with Crippen LogP contribution in [0.3, 0.4) is 0 Å². The maximum absolute atomic E-state index is 9.52. The van der Waals surface area contributed by atoms with E-state index in [4.69, 9.17) is 9.47 Å². The van der Waals surface area contributed by atoms with Gasteiger partial charge in [-0.15, -0.1) is 0 Å². The molecule has 4 unspecified atom stereocenters. The van der Waals surface area contributed by atoms with Crippen LogP contribution in [0, 0.1) is 11.3 Å². The van der Waals surface area contributed by atoms with Crippen molar-refractivity contribution in [3.05, 3.63) is 0 Å². The fourth-order valence-corrected chi connectivity index (χ4v) is 3.52. The minimum absolute atomic E-state index is 0.153. The van der Waals surface area contributed by atoms with Crippen LogP contribution in [0.5, 0.6) is 0 Å². The summed E-state index contributed by atoms with van der Waals surface area (Å²) in [6, 6.07) is 2.99. The van der Waals surface area contributed by atoms with E-state index < -0.39 is 0 Å². The Kier molecular flexibility index (Phi) is 5.39. The van der Waals surface area contributed by atoms with Gasteiger partial charge in [0.1, 0.15) is 5.54 Å². The van der Waals surface area contributed by atoms with Crippen LogP contribution in [-0.4, -0.2) is 62.5 Å². The van der Waals surface area contributed by atoms with Crippen LogP contribution in [0.2, 0.25) is 0 Å². The molecule has 1 heterocycles. The molecule has 1 saturated carbocycles. The highest BCUT2D eigenvalue weighted by molar-refractivity contribution is 5.14. The number of hydrogen-bond acceptors (Lipinski definition) is 5. The summed E-state index contributed by atoms with van der Waals surface area (Å²) < 4.78 is 11.0. The van der Waals surface area contributed by atoms with Crippen molar-refractivity contribution in [1.29, 1.82) is 5.26 Å². The highest BCUT2D eigenvalue weighted by Crippen LogP contribution is 2.35. The molecule has 1 N–H and O–H groups in total. The molecule has 0 radical (unpaired) electrons. The van der Waals surface area contributed by atoms with Gasteiger partial charge in [0.2, 0.25) is 0 Å². The molecule has 20 heavy (non-hydrogen) atoms. The minimum Gasteiger partial charge on any atom is -0.377 e. The van der Waals surface area contributed by atoms with E-state index >= 15 is 0 Å². The fraction of sp³-hybridized carbons (Fsp3) is 0.933. The second-order valence-electron chi connectivity index (χ2n) is 6.02. The van der Waals surface area contributed by atoms with E-state index in [9.17, 15) is 5.26 Å². The van der Waals surface area contributed by atoms with Gasteiger partial charge < -0.3 is 9.47 Å². The third-order valence-corrected chi connectivity index (χ3v) is 4.78. The summed E-state index contributed by atoms with van der Waals surface area (Å²) in [5, 5.41) is 13.0. The number of likely N-dealkylation sites (tertiary alicyclic amines) is 1. The Bertz CT molecular complexity index is 346. The quantitative estimate of drug-likeness (QED) is 0.791. The molecule has 0 aromatic rings. The van der Waals surface area contributed by atoms with Crippen LogP contribution < -0.4 is 5.32 Å². The first kappa shape index (κ1) is 15.7. The third-order valence-electron chi connectivity index (χ3n) is 4.78. The number of rotatable bonds is 6. The van der Waals surface area contributed by atoms with Crippen LogP contribution in [0.1, 0.15) is 32.6 Å². The minimum atomic E-state index is -0.325. The second-order valence-corrected chi connectivity index (χ2v) is 6.02. The van der Waals surface area contributed by atoms with Crippen molar-refractivity contribution in [2.45, 2.75) is 56.4 Å². The summed E-state index contributed by atoms with van der Waals surface area (Å²) in [5.74, 6) is 0. The molecule has 1 aliphatic carbocycles. The summed E-state index contributed by atoms with van der Waals surface area (Å²) in [6.07, 6.45) is 4.31. The molecule has 1 saturated heterocycles. The van der Waals surface area contributed by atoms with Crippen molar-refractivity contribution in [3.63, 3.8) is 0 Å². The van der Waals surface area contributed by atoms with Crippen LogP contribution in [0.25, 0.3) is 0 Å². The molecule has 0 aromatic carbocycles. The Hall–Kier alpha value is -0.670. The largest absolute Gasteiger partial charge is 0.377 e. The van der Waals surface area contributed by atoms with Gasteiger partial charge in [0, 0.05) is 33.4 Å². The summed E-state index contributed by atoms with van der Waals surface area (Å²) in [7, 11) is 3.49. The van der Waals surface area contributed by atoms with Gasteiger partial charge in [0.15, 0.2) is 0 Å². The first-order valence-electron chi connectivity index (χ1n) is 7.64. The molecule has 0 aromatic heterocycles. The van der Waals surface area contributed by atoms with Gasteiger partial charge in [0.25, 0.3) is 0 Å². The zero-order chi connectivity index (χ0) is 14.6. The van der Waals surface area contributed by atoms with Crippen LogP contribution in [0.15, 0.2) is 0 Å². The zero-order valence-electron chi connectivity index (χ0n) is 12.9. The summed E-state index contributed by atoms with van der Waals surface area (Å²) in [4.78, 5) is 2.44. The lowest BCUT2D eigenvalue weighted by Crippen LogP contribution is -2.44. The second kappa shape index (κ2) is 6.86. The van der Waals surface area contributed by atoms with Crippen LogP contribution >= 0.6 is 0 Å². The number of nitriles is 1. The number of ether oxygens (including phenoxy) is 2. The monoisotopic (exact) mass is 281 g/mol. The van der Waals surface area contributed by atoms with Crippen molar-refractivity contribution in [3.8, 4) is 6.07 Å². The molecule has 0 bridgehead atoms. The SMILES string of the molecule is CCCNC1(C#N)CCC(N2CC(OC)C(OC)C2)C1. The molecule has 114 valence electrons. The molecule has 0 spiro atoms. The van der Waals surface area contributed by atoms with Crippen molar-refractivity contribution in [1.82, 2.24) is 10.2 Å². The van der Waals surface area contributed by atoms with E-state index in [-0.39, 0.29) is 17.7 Å². The molecule has 2 aliphatic rings. The average Bonchev–Trinajstić information content (AvgIpc) is 3.09. The molecule has 0 amide bonds. The predicted molar refractivity (Wildman–Crippen MR) is 77.4 cm³/mol. The van der Waals surface area contributed by atoms with E-state index in [0.717, 1.165) is 45.3 Å². The summed E-state index contributed by atoms with van der Waals surface area (Å²) in [5.41, 5.74) is -0.325. The first-order chi connectivity index (χ1) is 9.68. The number of hydrogen-bond donors (Lipinski definition) is 1. The van der Waals surface area contributed by atoms with Crippen molar-refractivity contribution >= 4 is 0 Å². The smallest absolute Gasteiger partial charge is 0.108 e. The van der Waals surface area contributed by atoms with Crippen molar-refractivity contribution in [2.24, 2.45) is 0 Å². The number of nitrogens with one attached hydrogen (secondary N) is 1. The van der Waals surface area contributed by atoms with E-state index in [2.05, 4.69) is 23.2 Å². The summed E-state index contributed by atoms with van der Waals surface area (Å²) in [6.45, 7) is 4.88. The Morgan fingerprint density at radius 1 is 1.30 bits per heavy atom. The lowest BCUT2D eigenvalue weighted by atomic mass is 9.99. The number of nitrogens with zero attached hydrogens (tertiary/aromatic N) is 2. The highest BCUT2D eigenvalue weighted by Gasteiger charge is 2.44. The lowest BCUT2D eigenvalue weighted by molar-refractivity contribution is -0.00461. The Balaban J connectivity index is 1.94. The zero-order valence-corrected chi connectivity index (χ0v) is 12.9. The molecule has 5 nitrogen and oxygen atoms in total. The molecular formula is C15H27N3O2. The molecular weight excluding hydrogens is 254 g/mol. The maximum atomic E-state index is 9.52. The van der Waals surface area contributed by atoms with E-state index in [1.165, 1.54) is 0 Å². The third kappa shape index (κ3) is 3.15. The van der Waals surface area contributed by atoms with Crippen molar-refractivity contribution in [2.75, 3.05) is 33.9 Å². The van der Waals surface area contributed by atoms with Crippen LogP contribution in [0.4, 0.5) is 0 Å². The maximum Gasteiger partial charge on any atom is 0.108 e. The van der Waals surface area contributed by atoms with Gasteiger partial charge in [-0.05, 0) is 32.2 Å². The average molecular weight is 281 g/mol. The number of methoxy groups -OCH3 is 2. The summed E-state index contributed by atoms with van der Waals surface area (Å²) >= 11 is 0. The van der Waals surface area contributed by atoms with Gasteiger partial charge >= 0.3 is 0 Å². The molecule has 1 aliphatic heterocycles. The molecule has 2 rings (SSSR count). The van der Waals surface area contributed by atoms with E-state index in [1.54, 1.807) is 14.2 Å². The fourth-order valence-electron chi connectivity index (χ4n) is 3.52. The van der Waals surface area contributed by atoms with Gasteiger partial charge in [-0.3, -0.25) is 10.2 Å². The van der Waals surface area contributed by atoms with Gasteiger partial charge in [0.05, 0.1) is 18.3 Å².